The van der Waals surface area contributed by atoms with E-state index < -0.39 is 0 Å². The third-order valence-electron chi connectivity index (χ3n) is 5.93. The molecule has 0 radical (unpaired) electrons. The van der Waals surface area contributed by atoms with Crippen LogP contribution in [0.25, 0.3) is 0 Å². The Kier molecular flexibility index (Phi) is 6.69. The number of nitrogens with zero attached hydrogens (tertiary/aromatic N) is 1. The number of nitrogens with one attached hydrogen (secondary N) is 1. The summed E-state index contributed by atoms with van der Waals surface area (Å²) < 4.78 is 0. The molecule has 144 valence electrons. The molecule has 2 bridgehead atoms. The van der Waals surface area contributed by atoms with Gasteiger partial charge in [-0.25, -0.2) is 0 Å². The first-order chi connectivity index (χ1) is 11.9. The quantitative estimate of drug-likeness (QED) is 0.846. The number of hydrogen-bond acceptors (Lipinski definition) is 3. The first-order valence-electron chi connectivity index (χ1n) is 9.25. The van der Waals surface area contributed by atoms with Gasteiger partial charge in [-0.1, -0.05) is 12.5 Å². The summed E-state index contributed by atoms with van der Waals surface area (Å²) in [5, 5.41) is 3.03. The van der Waals surface area contributed by atoms with Gasteiger partial charge in [0.1, 0.15) is 0 Å². The minimum Gasteiger partial charge on any atom is -0.345 e. The number of anilines is 1. The Hall–Kier alpha value is -1.59. The zero-order chi connectivity index (χ0) is 18.1. The Morgan fingerprint density at radius 1 is 1.15 bits per heavy atom. The molecule has 0 saturated heterocycles. The Labute approximate surface area is 162 Å². The van der Waals surface area contributed by atoms with E-state index in [-0.39, 0.29) is 36.2 Å². The Balaban J connectivity index is 0.00000243. The first-order valence-corrected chi connectivity index (χ1v) is 9.25. The zero-order valence-corrected chi connectivity index (χ0v) is 16.6. The van der Waals surface area contributed by atoms with E-state index in [1.807, 2.05) is 19.1 Å². The molecule has 2 aliphatic carbocycles. The third-order valence-corrected chi connectivity index (χ3v) is 5.93. The van der Waals surface area contributed by atoms with Crippen LogP contribution in [0.3, 0.4) is 0 Å². The molecule has 0 heterocycles. The van der Waals surface area contributed by atoms with Crippen molar-refractivity contribution in [3.63, 3.8) is 0 Å². The van der Waals surface area contributed by atoms with Gasteiger partial charge in [0.25, 0.3) is 5.91 Å². The number of nitrogens with two attached hydrogens (primary N) is 1. The molecule has 2 saturated carbocycles. The van der Waals surface area contributed by atoms with Gasteiger partial charge in [0.2, 0.25) is 5.91 Å². The lowest BCUT2D eigenvalue weighted by molar-refractivity contribution is -0.122. The van der Waals surface area contributed by atoms with Gasteiger partial charge in [0, 0.05) is 37.3 Å². The molecule has 2 amide bonds. The van der Waals surface area contributed by atoms with Gasteiger partial charge in [-0.2, -0.15) is 0 Å². The molecule has 2 unspecified atom stereocenters. The van der Waals surface area contributed by atoms with Gasteiger partial charge in [-0.15, -0.1) is 12.4 Å². The Bertz CT molecular complexity index is 663. The highest BCUT2D eigenvalue weighted by molar-refractivity contribution is 5.98. The summed E-state index contributed by atoms with van der Waals surface area (Å²) in [7, 11) is 3.47. The van der Waals surface area contributed by atoms with Crippen LogP contribution >= 0.6 is 12.4 Å². The predicted octanol–water partition coefficient (Wildman–Crippen LogP) is 3.21. The summed E-state index contributed by atoms with van der Waals surface area (Å²) in [6, 6.07) is 5.80. The van der Waals surface area contributed by atoms with Crippen molar-refractivity contribution in [3.05, 3.63) is 29.3 Å². The van der Waals surface area contributed by atoms with Gasteiger partial charge in [-0.05, 0) is 62.1 Å². The van der Waals surface area contributed by atoms with Crippen molar-refractivity contribution in [1.82, 2.24) is 4.90 Å². The van der Waals surface area contributed by atoms with Crippen molar-refractivity contribution in [2.24, 2.45) is 23.5 Å². The largest absolute Gasteiger partial charge is 0.345 e. The average Bonchev–Trinajstić information content (AvgIpc) is 2.55. The number of halogens is 1. The van der Waals surface area contributed by atoms with Crippen molar-refractivity contribution in [3.8, 4) is 0 Å². The standard InChI is InChI=1S/C20H29N3O2.ClH/c1-12-7-8-16(11-17(12)20(25)23(2)3)22-19(24)15-9-13-5-4-6-14(10-15)18(13)21;/h7-8,11,13-15,18H,4-6,9-10,21H2,1-3H3,(H,22,24);1H. The number of benzene rings is 1. The molecule has 3 N–H and O–H groups in total. The van der Waals surface area contributed by atoms with Crippen molar-refractivity contribution < 1.29 is 9.59 Å². The second-order valence-electron chi connectivity index (χ2n) is 7.92. The molecule has 1 aromatic rings. The smallest absolute Gasteiger partial charge is 0.253 e. The lowest BCUT2D eigenvalue weighted by atomic mass is 9.65. The molecular weight excluding hydrogens is 350 g/mol. The SMILES string of the molecule is Cc1ccc(NC(=O)C2CC3CCCC(C2)C3N)cc1C(=O)N(C)C.Cl. The monoisotopic (exact) mass is 379 g/mol. The number of amides is 2. The highest BCUT2D eigenvalue weighted by atomic mass is 35.5. The van der Waals surface area contributed by atoms with Gasteiger partial charge in [0.15, 0.2) is 0 Å². The minimum atomic E-state index is -0.0493. The summed E-state index contributed by atoms with van der Waals surface area (Å²) in [5.41, 5.74) is 8.56. The van der Waals surface area contributed by atoms with Crippen molar-refractivity contribution in [2.45, 2.75) is 45.1 Å². The van der Waals surface area contributed by atoms with E-state index in [1.165, 1.54) is 6.42 Å². The van der Waals surface area contributed by atoms with Crippen LogP contribution in [0.2, 0.25) is 0 Å². The van der Waals surface area contributed by atoms with Crippen LogP contribution in [-0.2, 0) is 4.79 Å². The Morgan fingerprint density at radius 2 is 1.77 bits per heavy atom. The van der Waals surface area contributed by atoms with Crippen LogP contribution in [0.4, 0.5) is 5.69 Å². The molecule has 1 aromatic carbocycles. The normalized spacial score (nSPS) is 27.2. The molecule has 6 heteroatoms. The van der Waals surface area contributed by atoms with E-state index in [0.29, 0.717) is 23.1 Å². The van der Waals surface area contributed by atoms with Crippen molar-refractivity contribution in [1.29, 1.82) is 0 Å². The van der Waals surface area contributed by atoms with E-state index in [0.717, 1.165) is 31.2 Å². The second-order valence-corrected chi connectivity index (χ2v) is 7.92. The highest BCUT2D eigenvalue weighted by Gasteiger charge is 2.40. The second kappa shape index (κ2) is 8.40. The van der Waals surface area contributed by atoms with Gasteiger partial charge in [-0.3, -0.25) is 9.59 Å². The lowest BCUT2D eigenvalue weighted by Gasteiger charge is -2.43. The molecule has 5 nitrogen and oxygen atoms in total. The van der Waals surface area contributed by atoms with Gasteiger partial charge < -0.3 is 16.0 Å². The van der Waals surface area contributed by atoms with Crippen molar-refractivity contribution >= 4 is 29.9 Å². The summed E-state index contributed by atoms with van der Waals surface area (Å²) in [6.45, 7) is 1.91. The third kappa shape index (κ3) is 4.21. The zero-order valence-electron chi connectivity index (χ0n) is 15.8. The number of hydrogen-bond donors (Lipinski definition) is 2. The molecule has 0 spiro atoms. The van der Waals surface area contributed by atoms with Crippen LogP contribution < -0.4 is 11.1 Å². The molecule has 0 aromatic heterocycles. The van der Waals surface area contributed by atoms with Crippen LogP contribution in [0.5, 0.6) is 0 Å². The fourth-order valence-corrected chi connectivity index (χ4v) is 4.42. The van der Waals surface area contributed by atoms with Gasteiger partial charge in [0.05, 0.1) is 0 Å². The minimum absolute atomic E-state index is 0. The molecule has 2 aliphatic rings. The van der Waals surface area contributed by atoms with Crippen LogP contribution in [0.15, 0.2) is 18.2 Å². The predicted molar refractivity (Wildman–Crippen MR) is 107 cm³/mol. The maximum absolute atomic E-state index is 12.8. The van der Waals surface area contributed by atoms with Crippen molar-refractivity contribution in [2.75, 3.05) is 19.4 Å². The van der Waals surface area contributed by atoms with E-state index in [2.05, 4.69) is 5.32 Å². The molecule has 2 fully saturated rings. The fourth-order valence-electron chi connectivity index (χ4n) is 4.42. The first kappa shape index (κ1) is 20.7. The summed E-state index contributed by atoms with van der Waals surface area (Å²) in [6.07, 6.45) is 5.31. The fraction of sp³-hybridized carbons (Fsp3) is 0.600. The number of carbonyl (C=O) groups is 2. The van der Waals surface area contributed by atoms with E-state index in [9.17, 15) is 9.59 Å². The number of aryl methyl sites for hydroxylation is 1. The van der Waals surface area contributed by atoms with Crippen LogP contribution in [0.1, 0.15) is 48.0 Å². The van der Waals surface area contributed by atoms with E-state index in [4.69, 9.17) is 5.73 Å². The molecule has 26 heavy (non-hydrogen) atoms. The van der Waals surface area contributed by atoms with E-state index >= 15 is 0 Å². The molecule has 0 aliphatic heterocycles. The lowest BCUT2D eigenvalue weighted by Crippen LogP contribution is -2.48. The highest BCUT2D eigenvalue weighted by Crippen LogP contribution is 2.42. The van der Waals surface area contributed by atoms with Crippen LogP contribution in [0, 0.1) is 24.7 Å². The number of fused-ring (bicyclic) bond motifs is 2. The number of carbonyl (C=O) groups excluding carboxylic acids is 2. The molecule has 3 rings (SSSR count). The summed E-state index contributed by atoms with van der Waals surface area (Å²) >= 11 is 0. The van der Waals surface area contributed by atoms with Gasteiger partial charge >= 0.3 is 0 Å². The topological polar surface area (TPSA) is 75.4 Å². The van der Waals surface area contributed by atoms with Crippen LogP contribution in [-0.4, -0.2) is 36.9 Å². The maximum atomic E-state index is 12.8. The average molecular weight is 380 g/mol. The number of rotatable bonds is 3. The van der Waals surface area contributed by atoms with E-state index in [1.54, 1.807) is 25.1 Å². The molecule has 2 atom stereocenters. The summed E-state index contributed by atoms with van der Waals surface area (Å²) in [5.74, 6) is 1.01. The summed E-state index contributed by atoms with van der Waals surface area (Å²) in [4.78, 5) is 26.6. The maximum Gasteiger partial charge on any atom is 0.253 e. The Morgan fingerprint density at radius 3 is 2.35 bits per heavy atom. The molecular formula is C20H30ClN3O2.